The van der Waals surface area contributed by atoms with Gasteiger partial charge in [-0.05, 0) is 101 Å². The summed E-state index contributed by atoms with van der Waals surface area (Å²) in [6.45, 7) is 8.96. The van der Waals surface area contributed by atoms with Gasteiger partial charge in [-0.25, -0.2) is 0 Å². The van der Waals surface area contributed by atoms with Gasteiger partial charge in [-0.3, -0.25) is 4.79 Å². The Balaban J connectivity index is 1.66. The first-order valence-electron chi connectivity index (χ1n) is 12.9. The van der Waals surface area contributed by atoms with Gasteiger partial charge in [0.1, 0.15) is 0 Å². The molecule has 0 saturated heterocycles. The monoisotopic (exact) mass is 480 g/mol. The van der Waals surface area contributed by atoms with Crippen molar-refractivity contribution in [1.29, 1.82) is 0 Å². The molecule has 4 aliphatic rings. The Morgan fingerprint density at radius 1 is 1.06 bits per heavy atom. The second-order valence-corrected chi connectivity index (χ2v) is 13.2. The van der Waals surface area contributed by atoms with Crippen molar-refractivity contribution in [3.8, 4) is 0 Å². The Morgan fingerprint density at radius 3 is 2.32 bits per heavy atom. The average molecular weight is 481 g/mol. The fourth-order valence-corrected chi connectivity index (χ4v) is 8.32. The van der Waals surface area contributed by atoms with Gasteiger partial charge < -0.3 is 30.6 Å². The lowest BCUT2D eigenvalue weighted by molar-refractivity contribution is -0.177. The van der Waals surface area contributed by atoms with Crippen molar-refractivity contribution in [2.75, 3.05) is 0 Å². The van der Waals surface area contributed by atoms with E-state index in [2.05, 4.69) is 0 Å². The van der Waals surface area contributed by atoms with Gasteiger partial charge in [-0.2, -0.15) is 0 Å². The molecule has 194 valence electrons. The predicted molar refractivity (Wildman–Crippen MR) is 127 cm³/mol. The molecule has 10 atom stereocenters. The summed E-state index contributed by atoms with van der Waals surface area (Å²) in [5.41, 5.74) is -4.27. The van der Waals surface area contributed by atoms with Crippen LogP contribution in [0.1, 0.15) is 86.0 Å². The van der Waals surface area contributed by atoms with Crippen LogP contribution in [-0.2, 0) is 4.79 Å². The molecule has 7 nitrogen and oxygen atoms in total. The van der Waals surface area contributed by atoms with E-state index in [0.29, 0.717) is 44.1 Å². The van der Waals surface area contributed by atoms with E-state index in [-0.39, 0.29) is 36.4 Å². The standard InChI is InChI=1S/C27H44O7/c1-23(2,32)9-8-22(31)26(5,33)21-7-11-27(34)16-12-18(28)17-13-19(29)20(30)14-24(17,3)15(16)6-10-25(21,27)4/h12,15,17,19-22,29-34H,6-11,13-14H2,1-5H3/t15?,17?,19-,20+,21+,22-,24?,25-,26-,27-/m1/s1. The van der Waals surface area contributed by atoms with Crippen molar-refractivity contribution in [3.05, 3.63) is 11.6 Å². The molecule has 3 saturated carbocycles. The van der Waals surface area contributed by atoms with Gasteiger partial charge >= 0.3 is 0 Å². The van der Waals surface area contributed by atoms with E-state index in [4.69, 9.17) is 0 Å². The normalized spacial score (nSPS) is 47.2. The summed E-state index contributed by atoms with van der Waals surface area (Å²) >= 11 is 0. The fraction of sp³-hybridized carbons (Fsp3) is 0.889. The van der Waals surface area contributed by atoms with E-state index in [0.717, 1.165) is 0 Å². The van der Waals surface area contributed by atoms with Gasteiger partial charge in [0.15, 0.2) is 5.78 Å². The number of aliphatic hydroxyl groups is 6. The zero-order chi connectivity index (χ0) is 25.5. The molecular weight excluding hydrogens is 436 g/mol. The number of carbonyl (C=O) groups is 1. The molecule has 4 aliphatic carbocycles. The van der Waals surface area contributed by atoms with Crippen LogP contribution in [0.2, 0.25) is 0 Å². The minimum absolute atomic E-state index is 0.0840. The third kappa shape index (κ3) is 3.73. The minimum atomic E-state index is -1.46. The van der Waals surface area contributed by atoms with E-state index in [9.17, 15) is 35.4 Å². The third-order valence-electron chi connectivity index (χ3n) is 10.5. The SMILES string of the molecule is CC(C)(O)CC[C@@H](O)[C@](C)(O)[C@H]1CC[C@@]2(O)C3=CC(=O)C4C[C@@H](O)[C@@H](O)CC4(C)C3CC[C@]12C. The molecule has 0 amide bonds. The number of ketones is 1. The van der Waals surface area contributed by atoms with E-state index in [1.54, 1.807) is 26.8 Å². The maximum Gasteiger partial charge on any atom is 0.159 e. The van der Waals surface area contributed by atoms with E-state index >= 15 is 0 Å². The quantitative estimate of drug-likeness (QED) is 0.353. The molecule has 3 unspecified atom stereocenters. The zero-order valence-corrected chi connectivity index (χ0v) is 21.3. The molecular formula is C27H44O7. The van der Waals surface area contributed by atoms with Crippen molar-refractivity contribution in [2.24, 2.45) is 28.6 Å². The van der Waals surface area contributed by atoms with Gasteiger partial charge in [-0.15, -0.1) is 0 Å². The summed E-state index contributed by atoms with van der Waals surface area (Å²) < 4.78 is 0. The number of rotatable bonds is 5. The molecule has 6 N–H and O–H groups in total. The summed E-state index contributed by atoms with van der Waals surface area (Å²) in [5.74, 6) is -0.948. The molecule has 0 radical (unpaired) electrons. The highest BCUT2D eigenvalue weighted by Crippen LogP contribution is 2.68. The Bertz CT molecular complexity index is 860. The van der Waals surface area contributed by atoms with Crippen molar-refractivity contribution in [2.45, 2.75) is 121 Å². The second-order valence-electron chi connectivity index (χ2n) is 13.2. The van der Waals surface area contributed by atoms with Crippen LogP contribution in [0.3, 0.4) is 0 Å². The van der Waals surface area contributed by atoms with Gasteiger partial charge in [0.25, 0.3) is 0 Å². The molecule has 0 aromatic carbocycles. The number of hydrogen-bond acceptors (Lipinski definition) is 7. The molecule has 4 rings (SSSR count). The fourth-order valence-electron chi connectivity index (χ4n) is 8.32. The van der Waals surface area contributed by atoms with Crippen molar-refractivity contribution in [3.63, 3.8) is 0 Å². The molecule has 3 fully saturated rings. The summed E-state index contributed by atoms with van der Waals surface area (Å²) in [4.78, 5) is 13.2. The molecule has 0 heterocycles. The number of aliphatic hydroxyl groups excluding tert-OH is 3. The van der Waals surface area contributed by atoms with Crippen LogP contribution in [0, 0.1) is 28.6 Å². The molecule has 0 aromatic rings. The summed E-state index contributed by atoms with van der Waals surface area (Å²) in [6, 6.07) is 0. The molecule has 0 spiro atoms. The van der Waals surface area contributed by atoms with Gasteiger partial charge in [0.2, 0.25) is 0 Å². The lowest BCUT2D eigenvalue weighted by atomic mass is 9.45. The topological polar surface area (TPSA) is 138 Å². The molecule has 0 aromatic heterocycles. The van der Waals surface area contributed by atoms with Crippen LogP contribution in [0.4, 0.5) is 0 Å². The second kappa shape index (κ2) is 8.09. The average Bonchev–Trinajstić information content (AvgIpc) is 3.00. The zero-order valence-electron chi connectivity index (χ0n) is 21.3. The molecule has 0 aliphatic heterocycles. The number of allylic oxidation sites excluding steroid dienone is 1. The highest BCUT2D eigenvalue weighted by molar-refractivity contribution is 5.95. The van der Waals surface area contributed by atoms with Gasteiger partial charge in [0.05, 0.1) is 35.1 Å². The van der Waals surface area contributed by atoms with Gasteiger partial charge in [0, 0.05) is 11.3 Å². The summed E-state index contributed by atoms with van der Waals surface area (Å²) in [5, 5.41) is 65.5. The van der Waals surface area contributed by atoms with Gasteiger partial charge in [-0.1, -0.05) is 13.8 Å². The van der Waals surface area contributed by atoms with E-state index in [1.807, 2.05) is 13.8 Å². The first-order valence-corrected chi connectivity index (χ1v) is 12.9. The molecule has 7 heteroatoms. The third-order valence-corrected chi connectivity index (χ3v) is 10.5. The van der Waals surface area contributed by atoms with E-state index < -0.39 is 45.9 Å². The Labute approximate surface area is 202 Å². The smallest absolute Gasteiger partial charge is 0.159 e. The first-order chi connectivity index (χ1) is 15.5. The van der Waals surface area contributed by atoms with Crippen molar-refractivity contribution in [1.82, 2.24) is 0 Å². The predicted octanol–water partition coefficient (Wildman–Crippen LogP) is 1.85. The van der Waals surface area contributed by atoms with Crippen LogP contribution < -0.4 is 0 Å². The largest absolute Gasteiger partial charge is 0.390 e. The Kier molecular flexibility index (Phi) is 6.24. The first kappa shape index (κ1) is 26.2. The van der Waals surface area contributed by atoms with Crippen molar-refractivity contribution >= 4 is 5.78 Å². The minimum Gasteiger partial charge on any atom is -0.390 e. The van der Waals surface area contributed by atoms with Crippen LogP contribution in [0.15, 0.2) is 11.6 Å². The summed E-state index contributed by atoms with van der Waals surface area (Å²) in [6.07, 6.45) is 2.11. The maximum atomic E-state index is 13.2. The number of hydrogen-bond donors (Lipinski definition) is 6. The van der Waals surface area contributed by atoms with E-state index in [1.165, 1.54) is 0 Å². The van der Waals surface area contributed by atoms with Crippen LogP contribution in [-0.4, -0.2) is 71.5 Å². The summed E-state index contributed by atoms with van der Waals surface area (Å²) in [7, 11) is 0. The molecule has 34 heavy (non-hydrogen) atoms. The maximum absolute atomic E-state index is 13.2. The number of fused-ring (bicyclic) bond motifs is 5. The Hall–Kier alpha value is -0.830. The molecule has 0 bridgehead atoms. The highest BCUT2D eigenvalue weighted by atomic mass is 16.3. The van der Waals surface area contributed by atoms with Crippen molar-refractivity contribution < 1.29 is 35.4 Å². The van der Waals surface area contributed by atoms with Crippen LogP contribution in [0.25, 0.3) is 0 Å². The lowest BCUT2D eigenvalue weighted by Crippen LogP contribution is -2.62. The number of carbonyl (C=O) groups excluding carboxylic acids is 1. The lowest BCUT2D eigenvalue weighted by Gasteiger charge is -2.60. The Morgan fingerprint density at radius 2 is 1.71 bits per heavy atom. The van der Waals surface area contributed by atoms with Crippen LogP contribution in [0.5, 0.6) is 0 Å². The van der Waals surface area contributed by atoms with Crippen LogP contribution >= 0.6 is 0 Å². The highest BCUT2D eigenvalue weighted by Gasteiger charge is 2.69.